The largest absolute Gasteiger partial charge is 0.326 e. The van der Waals surface area contributed by atoms with E-state index in [-0.39, 0.29) is 5.91 Å². The highest BCUT2D eigenvalue weighted by atomic mass is 32.2. The first-order chi connectivity index (χ1) is 12.9. The van der Waals surface area contributed by atoms with Crippen LogP contribution < -0.4 is 5.32 Å². The lowest BCUT2D eigenvalue weighted by Crippen LogP contribution is -2.15. The molecule has 0 aliphatic rings. The summed E-state index contributed by atoms with van der Waals surface area (Å²) >= 11 is 3.33. The second-order valence-corrected chi connectivity index (χ2v) is 8.95. The number of aromatic nitrogens is 1. The number of carbonyl (C=O) groups is 1. The Morgan fingerprint density at radius 1 is 1.04 bits per heavy atom. The van der Waals surface area contributed by atoms with Gasteiger partial charge in [0.1, 0.15) is 4.34 Å². The van der Waals surface area contributed by atoms with Gasteiger partial charge in [-0.15, -0.1) is 11.3 Å². The Morgan fingerprint density at radius 3 is 2.56 bits per heavy atom. The molecule has 27 heavy (non-hydrogen) atoms. The quantitative estimate of drug-likeness (QED) is 0.531. The van der Waals surface area contributed by atoms with Crippen LogP contribution in [0.5, 0.6) is 0 Å². The van der Waals surface area contributed by atoms with Gasteiger partial charge in [0.2, 0.25) is 5.91 Å². The van der Waals surface area contributed by atoms with Crippen molar-refractivity contribution in [2.45, 2.75) is 44.2 Å². The van der Waals surface area contributed by atoms with E-state index in [1.165, 1.54) is 22.3 Å². The summed E-state index contributed by atoms with van der Waals surface area (Å²) in [6.07, 6.45) is 0.299. The zero-order valence-electron chi connectivity index (χ0n) is 16.1. The molecule has 0 aliphatic carbocycles. The number of benzene rings is 2. The van der Waals surface area contributed by atoms with Crippen LogP contribution in [-0.2, 0) is 17.0 Å². The fourth-order valence-electron chi connectivity index (χ4n) is 2.84. The number of hydrogen-bond acceptors (Lipinski definition) is 4. The molecular formula is C22H24N2OS2. The van der Waals surface area contributed by atoms with Crippen molar-refractivity contribution in [2.24, 2.45) is 0 Å². The molecule has 0 spiro atoms. The Hall–Kier alpha value is -2.11. The average molecular weight is 397 g/mol. The Morgan fingerprint density at radius 2 is 1.78 bits per heavy atom. The van der Waals surface area contributed by atoms with Crippen LogP contribution in [0.2, 0.25) is 0 Å². The predicted octanol–water partition coefficient (Wildman–Crippen LogP) is 5.85. The van der Waals surface area contributed by atoms with Crippen LogP contribution in [0, 0.1) is 27.7 Å². The summed E-state index contributed by atoms with van der Waals surface area (Å²) in [6, 6.07) is 12.6. The second-order valence-electron chi connectivity index (χ2n) is 6.87. The van der Waals surface area contributed by atoms with Crippen molar-refractivity contribution < 1.29 is 4.79 Å². The number of anilines is 1. The summed E-state index contributed by atoms with van der Waals surface area (Å²) in [6.45, 7) is 8.31. The average Bonchev–Trinajstić information content (AvgIpc) is 3.05. The van der Waals surface area contributed by atoms with E-state index in [9.17, 15) is 4.79 Å². The van der Waals surface area contributed by atoms with Gasteiger partial charge in [0.25, 0.3) is 0 Å². The fraction of sp³-hybridized carbons (Fsp3) is 0.273. The third-order valence-electron chi connectivity index (χ3n) is 4.38. The molecule has 1 heterocycles. The summed E-state index contributed by atoms with van der Waals surface area (Å²) in [7, 11) is 0. The minimum absolute atomic E-state index is 0.0293. The first-order valence-electron chi connectivity index (χ1n) is 8.91. The molecule has 140 valence electrons. The number of amides is 1. The molecule has 0 atom stereocenters. The molecule has 0 fully saturated rings. The Labute approximate surface area is 169 Å². The van der Waals surface area contributed by atoms with Gasteiger partial charge in [-0.05, 0) is 50.5 Å². The highest BCUT2D eigenvalue weighted by Gasteiger charge is 2.10. The van der Waals surface area contributed by atoms with Gasteiger partial charge in [-0.1, -0.05) is 53.2 Å². The Balaban J connectivity index is 1.57. The summed E-state index contributed by atoms with van der Waals surface area (Å²) in [5, 5.41) is 4.96. The lowest BCUT2D eigenvalue weighted by Gasteiger charge is -2.08. The zero-order valence-corrected chi connectivity index (χ0v) is 17.8. The molecule has 0 saturated carbocycles. The smallest absolute Gasteiger partial charge is 0.230 e. The molecule has 3 nitrogen and oxygen atoms in total. The molecule has 5 heteroatoms. The first kappa shape index (κ1) is 19.6. The van der Waals surface area contributed by atoms with Gasteiger partial charge in [-0.3, -0.25) is 4.79 Å². The van der Waals surface area contributed by atoms with Crippen LogP contribution in [0.1, 0.15) is 33.5 Å². The zero-order chi connectivity index (χ0) is 19.4. The van der Waals surface area contributed by atoms with Crippen LogP contribution in [0.25, 0.3) is 0 Å². The summed E-state index contributed by atoms with van der Waals surface area (Å²) in [4.78, 5) is 17.0. The predicted molar refractivity (Wildman–Crippen MR) is 116 cm³/mol. The van der Waals surface area contributed by atoms with E-state index in [1.54, 1.807) is 23.1 Å². The first-order valence-corrected chi connectivity index (χ1v) is 10.8. The normalized spacial score (nSPS) is 10.8. The highest BCUT2D eigenvalue weighted by Crippen LogP contribution is 2.28. The van der Waals surface area contributed by atoms with Gasteiger partial charge in [-0.2, -0.15) is 0 Å². The van der Waals surface area contributed by atoms with E-state index in [1.807, 2.05) is 31.4 Å². The fourth-order valence-corrected chi connectivity index (χ4v) is 4.75. The van der Waals surface area contributed by atoms with E-state index in [2.05, 4.69) is 48.4 Å². The number of rotatable bonds is 6. The maximum atomic E-state index is 12.3. The van der Waals surface area contributed by atoms with Gasteiger partial charge in [0.15, 0.2) is 0 Å². The monoisotopic (exact) mass is 396 g/mol. The molecule has 3 aromatic rings. The van der Waals surface area contributed by atoms with Crippen LogP contribution in [0.3, 0.4) is 0 Å². The number of carbonyl (C=O) groups excluding carboxylic acids is 1. The third kappa shape index (κ3) is 5.44. The lowest BCUT2D eigenvalue weighted by atomic mass is 10.1. The number of nitrogens with one attached hydrogen (secondary N) is 1. The van der Waals surface area contributed by atoms with Crippen molar-refractivity contribution in [3.05, 3.63) is 75.3 Å². The molecule has 0 bridgehead atoms. The minimum atomic E-state index is -0.0293. The maximum absolute atomic E-state index is 12.3. The van der Waals surface area contributed by atoms with Crippen LogP contribution in [0.15, 0.2) is 46.1 Å². The van der Waals surface area contributed by atoms with E-state index >= 15 is 0 Å². The molecule has 0 radical (unpaired) electrons. The highest BCUT2D eigenvalue weighted by molar-refractivity contribution is 8.00. The van der Waals surface area contributed by atoms with Crippen molar-refractivity contribution in [3.63, 3.8) is 0 Å². The molecule has 0 unspecified atom stereocenters. The van der Waals surface area contributed by atoms with Crippen molar-refractivity contribution in [2.75, 3.05) is 5.32 Å². The minimum Gasteiger partial charge on any atom is -0.326 e. The van der Waals surface area contributed by atoms with Gasteiger partial charge in [-0.25, -0.2) is 4.98 Å². The van der Waals surface area contributed by atoms with Crippen molar-refractivity contribution >= 4 is 34.7 Å². The summed E-state index contributed by atoms with van der Waals surface area (Å²) in [5.41, 5.74) is 7.87. The molecule has 3 rings (SSSR count). The number of thiazole rings is 1. The molecule has 1 N–H and O–H groups in total. The van der Waals surface area contributed by atoms with Crippen LogP contribution >= 0.6 is 23.1 Å². The number of nitrogens with zero attached hydrogens (tertiary/aromatic N) is 1. The maximum Gasteiger partial charge on any atom is 0.230 e. The molecular weight excluding hydrogens is 372 g/mol. The Bertz CT molecular complexity index is 963. The Kier molecular flexibility index (Phi) is 6.34. The summed E-state index contributed by atoms with van der Waals surface area (Å²) in [5.74, 6) is 0.869. The topological polar surface area (TPSA) is 42.0 Å². The number of hydrogen-bond donors (Lipinski definition) is 1. The van der Waals surface area contributed by atoms with Crippen molar-refractivity contribution in [1.29, 1.82) is 0 Å². The molecule has 2 aromatic carbocycles. The molecule has 0 aliphatic heterocycles. The van der Waals surface area contributed by atoms with Crippen LogP contribution in [-0.4, -0.2) is 10.9 Å². The molecule has 0 saturated heterocycles. The van der Waals surface area contributed by atoms with Crippen molar-refractivity contribution in [1.82, 2.24) is 4.98 Å². The van der Waals surface area contributed by atoms with Crippen molar-refractivity contribution in [3.8, 4) is 0 Å². The number of aryl methyl sites for hydroxylation is 4. The van der Waals surface area contributed by atoms with Gasteiger partial charge < -0.3 is 5.32 Å². The van der Waals surface area contributed by atoms with E-state index < -0.39 is 0 Å². The second kappa shape index (κ2) is 8.72. The van der Waals surface area contributed by atoms with Gasteiger partial charge >= 0.3 is 0 Å². The standard InChI is InChI=1S/C22H24N2OS2/c1-14-6-8-20(17(4)9-14)24-21(25)11-19-13-27-22(23-19)26-12-18-10-15(2)5-7-16(18)3/h5-10,13H,11-12H2,1-4H3,(H,24,25). The van der Waals surface area contributed by atoms with E-state index in [0.29, 0.717) is 6.42 Å². The van der Waals surface area contributed by atoms with Crippen LogP contribution in [0.4, 0.5) is 5.69 Å². The summed E-state index contributed by atoms with van der Waals surface area (Å²) < 4.78 is 1.00. The molecule has 1 aromatic heterocycles. The van der Waals surface area contributed by atoms with Gasteiger partial charge in [0, 0.05) is 16.8 Å². The SMILES string of the molecule is Cc1ccc(NC(=O)Cc2csc(SCc3cc(C)ccc3C)n2)c(C)c1. The van der Waals surface area contributed by atoms with E-state index in [0.717, 1.165) is 27.0 Å². The van der Waals surface area contributed by atoms with Gasteiger partial charge in [0.05, 0.1) is 12.1 Å². The van der Waals surface area contributed by atoms with E-state index in [4.69, 9.17) is 0 Å². The number of thioether (sulfide) groups is 1. The molecule has 1 amide bonds. The third-order valence-corrected chi connectivity index (χ3v) is 6.50. The lowest BCUT2D eigenvalue weighted by molar-refractivity contribution is -0.115.